The number of urea groups is 1. The van der Waals surface area contributed by atoms with E-state index >= 15 is 0 Å². The highest BCUT2D eigenvalue weighted by atomic mass is 16.2. The maximum Gasteiger partial charge on any atom is 0.318 e. The van der Waals surface area contributed by atoms with Crippen molar-refractivity contribution < 1.29 is 24.0 Å². The third-order valence-corrected chi connectivity index (χ3v) is 3.78. The molecule has 1 aliphatic rings. The van der Waals surface area contributed by atoms with Gasteiger partial charge < -0.3 is 10.6 Å². The van der Waals surface area contributed by atoms with Crippen LogP contribution in [0.3, 0.4) is 0 Å². The number of nitrogens with zero attached hydrogens (tertiary/aromatic N) is 1. The van der Waals surface area contributed by atoms with Gasteiger partial charge in [-0.1, -0.05) is 13.3 Å². The van der Waals surface area contributed by atoms with Gasteiger partial charge in [-0.25, -0.2) is 4.79 Å². The van der Waals surface area contributed by atoms with Crippen LogP contribution in [0, 0.1) is 0 Å². The summed E-state index contributed by atoms with van der Waals surface area (Å²) in [6.07, 6.45) is 0.983. The Morgan fingerprint density at radius 2 is 1.88 bits per heavy atom. The number of benzene rings is 1. The van der Waals surface area contributed by atoms with Crippen LogP contribution in [0.25, 0.3) is 0 Å². The lowest BCUT2D eigenvalue weighted by molar-refractivity contribution is -0.128. The van der Waals surface area contributed by atoms with Crippen molar-refractivity contribution >= 4 is 35.9 Å². The molecule has 25 heavy (non-hydrogen) atoms. The number of fused-ring (bicyclic) bond motifs is 1. The number of carbonyl (C=O) groups is 5. The normalized spacial score (nSPS) is 13.9. The van der Waals surface area contributed by atoms with Crippen LogP contribution in [-0.2, 0) is 9.59 Å². The van der Waals surface area contributed by atoms with Crippen LogP contribution >= 0.6 is 0 Å². The van der Waals surface area contributed by atoms with Crippen molar-refractivity contribution in [1.29, 1.82) is 0 Å². The summed E-state index contributed by atoms with van der Waals surface area (Å²) < 4.78 is 0. The topological polar surface area (TPSA) is 125 Å². The van der Waals surface area contributed by atoms with Crippen molar-refractivity contribution in [1.82, 2.24) is 15.5 Å². The summed E-state index contributed by atoms with van der Waals surface area (Å²) in [6, 6.07) is 2.75. The molecule has 1 atom stereocenters. The zero-order valence-corrected chi connectivity index (χ0v) is 13.8. The van der Waals surface area contributed by atoms with Gasteiger partial charge in [-0.2, -0.15) is 0 Å². The summed E-state index contributed by atoms with van der Waals surface area (Å²) in [5, 5.41) is 6.88. The average Bonchev–Trinajstić information content (AvgIpc) is 2.83. The van der Waals surface area contributed by atoms with Gasteiger partial charge in [0.05, 0.1) is 11.1 Å². The molecule has 3 N–H and O–H groups in total. The second-order valence-corrected chi connectivity index (χ2v) is 5.38. The van der Waals surface area contributed by atoms with Gasteiger partial charge >= 0.3 is 6.03 Å². The van der Waals surface area contributed by atoms with Crippen molar-refractivity contribution in [3.63, 3.8) is 0 Å². The number of rotatable bonds is 6. The van der Waals surface area contributed by atoms with E-state index in [1.165, 1.54) is 25.2 Å². The van der Waals surface area contributed by atoms with Crippen LogP contribution in [0.2, 0.25) is 0 Å². The van der Waals surface area contributed by atoms with Gasteiger partial charge in [0.25, 0.3) is 11.8 Å². The highest BCUT2D eigenvalue weighted by molar-refractivity contribution is 6.23. The smallest absolute Gasteiger partial charge is 0.318 e. The Balaban J connectivity index is 2.35. The van der Waals surface area contributed by atoms with E-state index in [2.05, 4.69) is 10.6 Å². The second-order valence-electron chi connectivity index (χ2n) is 5.38. The molecule has 9 nitrogen and oxygen atoms in total. The van der Waals surface area contributed by atoms with Gasteiger partial charge in [-0.15, -0.1) is 0 Å². The lowest BCUT2D eigenvalue weighted by Gasteiger charge is -2.23. The van der Waals surface area contributed by atoms with E-state index in [1.54, 1.807) is 6.92 Å². The summed E-state index contributed by atoms with van der Waals surface area (Å²) >= 11 is 0. The number of hydrogen-bond acceptors (Lipinski definition) is 5. The standard InChI is InChI=1S/C16H18N4O5/c1-3-4-12(13(22)18-8-21)20-14(23)10-6-5-9(19-16(25)17-2)7-11(10)15(20)24/h5-8,12H,3-4H2,1-2H3,(H2,17,19,25)(H,18,21,22). The van der Waals surface area contributed by atoms with E-state index in [0.717, 1.165) is 4.90 Å². The molecule has 0 fully saturated rings. The molecule has 2 rings (SSSR count). The molecule has 6 amide bonds. The molecule has 0 aromatic heterocycles. The van der Waals surface area contributed by atoms with E-state index in [-0.39, 0.29) is 24.0 Å². The largest absolute Gasteiger partial charge is 0.341 e. The fourth-order valence-electron chi connectivity index (χ4n) is 2.62. The Morgan fingerprint density at radius 3 is 2.48 bits per heavy atom. The highest BCUT2D eigenvalue weighted by Gasteiger charge is 2.42. The van der Waals surface area contributed by atoms with Crippen LogP contribution in [0.1, 0.15) is 40.5 Å². The number of nitrogens with one attached hydrogen (secondary N) is 3. The van der Waals surface area contributed by atoms with Crippen molar-refractivity contribution in [2.45, 2.75) is 25.8 Å². The number of imide groups is 2. The first-order valence-corrected chi connectivity index (χ1v) is 7.69. The minimum atomic E-state index is -1.07. The van der Waals surface area contributed by atoms with Crippen molar-refractivity contribution in [2.75, 3.05) is 12.4 Å². The summed E-state index contributed by atoms with van der Waals surface area (Å²) in [7, 11) is 1.44. The Hall–Kier alpha value is -3.23. The molecular weight excluding hydrogens is 328 g/mol. The molecule has 1 heterocycles. The van der Waals surface area contributed by atoms with Crippen LogP contribution in [0.15, 0.2) is 18.2 Å². The molecule has 1 aliphatic heterocycles. The molecule has 132 valence electrons. The predicted molar refractivity (Wildman–Crippen MR) is 87.9 cm³/mol. The molecule has 9 heteroatoms. The minimum absolute atomic E-state index is 0.0962. The third-order valence-electron chi connectivity index (χ3n) is 3.78. The first-order chi connectivity index (χ1) is 11.9. The minimum Gasteiger partial charge on any atom is -0.341 e. The first-order valence-electron chi connectivity index (χ1n) is 7.69. The second kappa shape index (κ2) is 7.56. The lowest BCUT2D eigenvalue weighted by atomic mass is 10.1. The Labute approximate surface area is 143 Å². The van der Waals surface area contributed by atoms with Gasteiger partial charge in [0.15, 0.2) is 0 Å². The van der Waals surface area contributed by atoms with Crippen molar-refractivity contribution in [3.05, 3.63) is 29.3 Å². The van der Waals surface area contributed by atoms with Crippen LogP contribution in [0.4, 0.5) is 10.5 Å². The molecule has 1 aromatic carbocycles. The maximum atomic E-state index is 12.6. The maximum absolute atomic E-state index is 12.6. The summed E-state index contributed by atoms with van der Waals surface area (Å²) in [4.78, 5) is 60.0. The molecule has 0 saturated heterocycles. The average molecular weight is 346 g/mol. The van der Waals surface area contributed by atoms with Crippen LogP contribution in [0.5, 0.6) is 0 Å². The van der Waals surface area contributed by atoms with Gasteiger partial charge in [-0.3, -0.25) is 29.4 Å². The van der Waals surface area contributed by atoms with Crippen LogP contribution in [-0.4, -0.2) is 48.2 Å². The number of amides is 6. The summed E-state index contributed by atoms with van der Waals surface area (Å²) in [5.41, 5.74) is 0.580. The fraction of sp³-hybridized carbons (Fsp3) is 0.312. The van der Waals surface area contributed by atoms with E-state index in [4.69, 9.17) is 0 Å². The number of carbonyl (C=O) groups excluding carboxylic acids is 5. The van der Waals surface area contributed by atoms with Gasteiger partial charge in [0.2, 0.25) is 12.3 Å². The Kier molecular flexibility index (Phi) is 5.48. The quantitative estimate of drug-likeness (QED) is 0.510. The van der Waals surface area contributed by atoms with Crippen molar-refractivity contribution in [3.8, 4) is 0 Å². The summed E-state index contributed by atoms with van der Waals surface area (Å²) in [6.45, 7) is 1.80. The molecule has 0 aliphatic carbocycles. The molecule has 0 spiro atoms. The van der Waals surface area contributed by atoms with E-state index in [9.17, 15) is 24.0 Å². The number of anilines is 1. The van der Waals surface area contributed by atoms with Crippen molar-refractivity contribution in [2.24, 2.45) is 0 Å². The Morgan fingerprint density at radius 1 is 1.20 bits per heavy atom. The fourth-order valence-corrected chi connectivity index (χ4v) is 2.62. The molecular formula is C16H18N4O5. The van der Waals surface area contributed by atoms with E-state index < -0.39 is 29.8 Å². The molecule has 0 saturated carbocycles. The monoisotopic (exact) mass is 346 g/mol. The number of hydrogen-bond donors (Lipinski definition) is 3. The summed E-state index contributed by atoms with van der Waals surface area (Å²) in [5.74, 6) is -1.96. The zero-order valence-electron chi connectivity index (χ0n) is 13.8. The first kappa shape index (κ1) is 18.1. The molecule has 0 bridgehead atoms. The van der Waals surface area contributed by atoms with Crippen LogP contribution < -0.4 is 16.0 Å². The zero-order chi connectivity index (χ0) is 18.6. The highest BCUT2D eigenvalue weighted by Crippen LogP contribution is 2.28. The van der Waals surface area contributed by atoms with Gasteiger partial charge in [0.1, 0.15) is 6.04 Å². The molecule has 1 aromatic rings. The Bertz CT molecular complexity index is 746. The van der Waals surface area contributed by atoms with Gasteiger partial charge in [0, 0.05) is 12.7 Å². The van der Waals surface area contributed by atoms with Gasteiger partial charge in [-0.05, 0) is 24.6 Å². The van der Waals surface area contributed by atoms with E-state index in [1.807, 2.05) is 5.32 Å². The SMILES string of the molecule is CCCC(C(=O)NC=O)N1C(=O)c2ccc(NC(=O)NC)cc2C1=O. The molecule has 0 radical (unpaired) electrons. The third kappa shape index (κ3) is 3.49. The molecule has 1 unspecified atom stereocenters. The van der Waals surface area contributed by atoms with E-state index in [0.29, 0.717) is 12.1 Å². The predicted octanol–water partition coefficient (Wildman–Crippen LogP) is 0.475. The lowest BCUT2D eigenvalue weighted by Crippen LogP contribution is -2.49.